The summed E-state index contributed by atoms with van der Waals surface area (Å²) in [6, 6.07) is 5.57. The molecule has 0 bridgehead atoms. The lowest BCUT2D eigenvalue weighted by Crippen LogP contribution is -2.29. The lowest BCUT2D eigenvalue weighted by molar-refractivity contribution is -0.385. The summed E-state index contributed by atoms with van der Waals surface area (Å²) in [5, 5.41) is 18.9. The van der Waals surface area contributed by atoms with Crippen LogP contribution in [0, 0.1) is 24.0 Å². The highest BCUT2D eigenvalue weighted by atomic mass is 16.6. The standard InChI is InChI=1S/C13H12N4O5/c1-7-3-4-9(6-10(7)17(20)21)14-12(18)13(19)15-11-5-8(2)22-16-11/h3-6H,1-2H3,(H,14,18)(H,15,16,19). The van der Waals surface area contributed by atoms with Crippen molar-refractivity contribution < 1.29 is 19.0 Å². The van der Waals surface area contributed by atoms with Gasteiger partial charge in [0, 0.05) is 23.4 Å². The molecule has 0 saturated carbocycles. The van der Waals surface area contributed by atoms with Crippen LogP contribution in [0.25, 0.3) is 0 Å². The van der Waals surface area contributed by atoms with Crippen LogP contribution in [0.1, 0.15) is 11.3 Å². The molecule has 22 heavy (non-hydrogen) atoms. The molecule has 1 aromatic heterocycles. The molecular formula is C13H12N4O5. The molecule has 0 aliphatic heterocycles. The van der Waals surface area contributed by atoms with Gasteiger partial charge in [-0.05, 0) is 19.9 Å². The van der Waals surface area contributed by atoms with Gasteiger partial charge in [-0.1, -0.05) is 11.2 Å². The van der Waals surface area contributed by atoms with Crippen LogP contribution in [-0.4, -0.2) is 21.9 Å². The monoisotopic (exact) mass is 304 g/mol. The molecule has 0 spiro atoms. The quantitative estimate of drug-likeness (QED) is 0.505. The van der Waals surface area contributed by atoms with Crippen molar-refractivity contribution in [1.29, 1.82) is 0 Å². The van der Waals surface area contributed by atoms with Crippen molar-refractivity contribution in [2.75, 3.05) is 10.6 Å². The van der Waals surface area contributed by atoms with Gasteiger partial charge in [-0.15, -0.1) is 0 Å². The van der Waals surface area contributed by atoms with E-state index in [9.17, 15) is 19.7 Å². The fraction of sp³-hybridized carbons (Fsp3) is 0.154. The van der Waals surface area contributed by atoms with Crippen molar-refractivity contribution in [2.45, 2.75) is 13.8 Å². The SMILES string of the molecule is Cc1cc(NC(=O)C(=O)Nc2ccc(C)c([N+](=O)[O-])c2)no1. The van der Waals surface area contributed by atoms with Crippen molar-refractivity contribution in [3.63, 3.8) is 0 Å². The average Bonchev–Trinajstić information content (AvgIpc) is 2.85. The van der Waals surface area contributed by atoms with Crippen LogP contribution in [0.4, 0.5) is 17.2 Å². The number of nitro groups is 1. The number of nitrogens with zero attached hydrogens (tertiary/aromatic N) is 2. The van der Waals surface area contributed by atoms with Crippen molar-refractivity contribution >= 4 is 29.0 Å². The predicted octanol–water partition coefficient (Wildman–Crippen LogP) is 1.78. The minimum atomic E-state index is -0.973. The van der Waals surface area contributed by atoms with Crippen LogP contribution in [0.3, 0.4) is 0 Å². The summed E-state index contributed by atoms with van der Waals surface area (Å²) in [7, 11) is 0. The zero-order valence-corrected chi connectivity index (χ0v) is 11.7. The van der Waals surface area contributed by atoms with E-state index in [0.717, 1.165) is 0 Å². The molecular weight excluding hydrogens is 292 g/mol. The number of benzene rings is 1. The molecule has 2 N–H and O–H groups in total. The summed E-state index contributed by atoms with van der Waals surface area (Å²) >= 11 is 0. The number of aryl methyl sites for hydroxylation is 2. The molecule has 2 amide bonds. The number of nitro benzene ring substituents is 1. The van der Waals surface area contributed by atoms with Crippen molar-refractivity contribution in [2.24, 2.45) is 0 Å². The Labute approximate surface area is 124 Å². The molecule has 0 saturated heterocycles. The van der Waals surface area contributed by atoms with E-state index >= 15 is 0 Å². The van der Waals surface area contributed by atoms with Gasteiger partial charge < -0.3 is 9.84 Å². The van der Waals surface area contributed by atoms with Gasteiger partial charge in [0.05, 0.1) is 4.92 Å². The van der Waals surface area contributed by atoms with E-state index in [2.05, 4.69) is 15.8 Å². The van der Waals surface area contributed by atoms with E-state index in [1.54, 1.807) is 13.8 Å². The molecule has 114 valence electrons. The number of anilines is 2. The Morgan fingerprint density at radius 1 is 1.18 bits per heavy atom. The van der Waals surface area contributed by atoms with Gasteiger partial charge in [0.25, 0.3) is 5.69 Å². The van der Waals surface area contributed by atoms with E-state index in [4.69, 9.17) is 4.52 Å². The number of nitrogens with one attached hydrogen (secondary N) is 2. The summed E-state index contributed by atoms with van der Waals surface area (Å²) in [4.78, 5) is 33.7. The molecule has 1 heterocycles. The van der Waals surface area contributed by atoms with Gasteiger partial charge in [-0.2, -0.15) is 0 Å². The van der Waals surface area contributed by atoms with Gasteiger partial charge in [-0.25, -0.2) is 0 Å². The molecule has 2 aromatic rings. The number of carbonyl (C=O) groups excluding carboxylic acids is 2. The first kappa shape index (κ1) is 15.2. The Bertz CT molecular complexity index is 753. The molecule has 0 aliphatic carbocycles. The molecule has 9 heteroatoms. The average molecular weight is 304 g/mol. The lowest BCUT2D eigenvalue weighted by atomic mass is 10.2. The van der Waals surface area contributed by atoms with Gasteiger partial charge >= 0.3 is 11.8 Å². The molecule has 2 rings (SSSR count). The Kier molecular flexibility index (Phi) is 4.16. The summed E-state index contributed by atoms with van der Waals surface area (Å²) in [5.74, 6) is -1.35. The first-order valence-electron chi connectivity index (χ1n) is 6.17. The first-order chi connectivity index (χ1) is 10.4. The molecule has 1 aromatic carbocycles. The Hall–Kier alpha value is -3.23. The smallest absolute Gasteiger partial charge is 0.315 e. The third-order valence-electron chi connectivity index (χ3n) is 2.74. The lowest BCUT2D eigenvalue weighted by Gasteiger charge is -2.05. The summed E-state index contributed by atoms with van der Waals surface area (Å²) in [6.45, 7) is 3.21. The fourth-order valence-corrected chi connectivity index (χ4v) is 1.67. The van der Waals surface area contributed by atoms with Crippen LogP contribution in [-0.2, 0) is 9.59 Å². The number of rotatable bonds is 3. The summed E-state index contributed by atoms with van der Waals surface area (Å²) < 4.78 is 4.75. The Morgan fingerprint density at radius 2 is 1.86 bits per heavy atom. The van der Waals surface area contributed by atoms with E-state index < -0.39 is 16.7 Å². The van der Waals surface area contributed by atoms with E-state index in [-0.39, 0.29) is 17.2 Å². The third kappa shape index (κ3) is 3.45. The summed E-state index contributed by atoms with van der Waals surface area (Å²) in [5.41, 5.74) is 0.449. The second kappa shape index (κ2) is 6.04. The highest BCUT2D eigenvalue weighted by Crippen LogP contribution is 2.22. The predicted molar refractivity (Wildman–Crippen MR) is 76.3 cm³/mol. The van der Waals surface area contributed by atoms with Gasteiger partial charge in [0.2, 0.25) is 0 Å². The van der Waals surface area contributed by atoms with E-state index in [1.807, 2.05) is 0 Å². The molecule has 0 fully saturated rings. The molecule has 0 unspecified atom stereocenters. The minimum Gasteiger partial charge on any atom is -0.360 e. The Balaban J connectivity index is 2.06. The molecule has 9 nitrogen and oxygen atoms in total. The number of hydrogen-bond acceptors (Lipinski definition) is 6. The number of aromatic nitrogens is 1. The van der Waals surface area contributed by atoms with Crippen molar-refractivity contribution in [1.82, 2.24) is 5.16 Å². The van der Waals surface area contributed by atoms with Gasteiger partial charge in [0.1, 0.15) is 5.76 Å². The second-order valence-electron chi connectivity index (χ2n) is 4.49. The number of amides is 2. The minimum absolute atomic E-state index is 0.104. The van der Waals surface area contributed by atoms with Gasteiger partial charge in [-0.3, -0.25) is 25.0 Å². The maximum atomic E-state index is 11.7. The third-order valence-corrected chi connectivity index (χ3v) is 2.74. The highest BCUT2D eigenvalue weighted by molar-refractivity contribution is 6.43. The largest absolute Gasteiger partial charge is 0.360 e. The Morgan fingerprint density at radius 3 is 2.45 bits per heavy atom. The van der Waals surface area contributed by atoms with Crippen molar-refractivity contribution in [3.8, 4) is 0 Å². The zero-order valence-electron chi connectivity index (χ0n) is 11.7. The topological polar surface area (TPSA) is 127 Å². The van der Waals surface area contributed by atoms with Crippen LogP contribution in [0.5, 0.6) is 0 Å². The molecule has 0 aliphatic rings. The zero-order chi connectivity index (χ0) is 16.3. The van der Waals surface area contributed by atoms with Crippen LogP contribution in [0.2, 0.25) is 0 Å². The maximum Gasteiger partial charge on any atom is 0.315 e. The number of hydrogen-bond donors (Lipinski definition) is 2. The maximum absolute atomic E-state index is 11.7. The van der Waals surface area contributed by atoms with Crippen molar-refractivity contribution in [3.05, 3.63) is 45.7 Å². The van der Waals surface area contributed by atoms with E-state index in [1.165, 1.54) is 24.3 Å². The van der Waals surface area contributed by atoms with Gasteiger partial charge in [0.15, 0.2) is 5.82 Å². The molecule has 0 atom stereocenters. The van der Waals surface area contributed by atoms with Crippen LogP contribution < -0.4 is 10.6 Å². The molecule has 0 radical (unpaired) electrons. The number of carbonyl (C=O) groups is 2. The van der Waals surface area contributed by atoms with Crippen LogP contribution in [0.15, 0.2) is 28.8 Å². The summed E-state index contributed by atoms with van der Waals surface area (Å²) in [6.07, 6.45) is 0. The van der Waals surface area contributed by atoms with E-state index in [0.29, 0.717) is 11.3 Å². The fourth-order valence-electron chi connectivity index (χ4n) is 1.67. The second-order valence-corrected chi connectivity index (χ2v) is 4.49. The normalized spacial score (nSPS) is 10.1. The first-order valence-corrected chi connectivity index (χ1v) is 6.17. The highest BCUT2D eigenvalue weighted by Gasteiger charge is 2.18. The van der Waals surface area contributed by atoms with Crippen LogP contribution >= 0.6 is 0 Å².